The Morgan fingerprint density at radius 3 is 2.39 bits per heavy atom. The van der Waals surface area contributed by atoms with Crippen molar-refractivity contribution in [1.82, 2.24) is 10.1 Å². The summed E-state index contributed by atoms with van der Waals surface area (Å²) in [5, 5.41) is 4.10. The van der Waals surface area contributed by atoms with Gasteiger partial charge in [0.2, 0.25) is 5.89 Å². The van der Waals surface area contributed by atoms with Gasteiger partial charge in [-0.1, -0.05) is 45.7 Å². The van der Waals surface area contributed by atoms with E-state index in [2.05, 4.69) is 37.8 Å². The normalized spacial score (nSPS) is 13.8. The fraction of sp³-hybridized carbons (Fsp3) is 0.857. The maximum absolute atomic E-state index is 6.29. The van der Waals surface area contributed by atoms with Crippen molar-refractivity contribution in [3.63, 3.8) is 0 Å². The van der Waals surface area contributed by atoms with Crippen molar-refractivity contribution in [2.75, 3.05) is 0 Å². The van der Waals surface area contributed by atoms with Crippen LogP contribution in [-0.2, 0) is 5.54 Å². The zero-order valence-electron chi connectivity index (χ0n) is 12.2. The van der Waals surface area contributed by atoms with Crippen LogP contribution in [0.25, 0.3) is 0 Å². The smallest absolute Gasteiger partial charge is 0.229 e. The Morgan fingerprint density at radius 1 is 1.22 bits per heavy atom. The van der Waals surface area contributed by atoms with Crippen molar-refractivity contribution in [2.24, 2.45) is 5.73 Å². The number of rotatable bonds is 8. The first-order chi connectivity index (χ1) is 8.61. The third-order valence-electron chi connectivity index (χ3n) is 3.90. The van der Waals surface area contributed by atoms with E-state index in [0.29, 0.717) is 11.7 Å². The molecule has 0 fully saturated rings. The average Bonchev–Trinajstić information content (AvgIpc) is 2.89. The standard InChI is InChI=1S/C14H27N3O/c1-5-9-10-11(6-2)12-16-13(17-18-12)14(15,7-3)8-4/h11H,5-10,15H2,1-4H3. The van der Waals surface area contributed by atoms with Gasteiger partial charge in [0.05, 0.1) is 5.54 Å². The molecule has 0 amide bonds. The van der Waals surface area contributed by atoms with Crippen molar-refractivity contribution in [2.45, 2.75) is 77.7 Å². The van der Waals surface area contributed by atoms with Gasteiger partial charge in [-0.2, -0.15) is 4.98 Å². The largest absolute Gasteiger partial charge is 0.339 e. The average molecular weight is 253 g/mol. The molecule has 0 aliphatic heterocycles. The molecule has 0 spiro atoms. The van der Waals surface area contributed by atoms with Crippen LogP contribution in [0, 0.1) is 0 Å². The van der Waals surface area contributed by atoms with Gasteiger partial charge >= 0.3 is 0 Å². The van der Waals surface area contributed by atoms with E-state index in [-0.39, 0.29) is 0 Å². The number of hydrogen-bond donors (Lipinski definition) is 1. The zero-order chi connectivity index (χ0) is 13.6. The van der Waals surface area contributed by atoms with E-state index in [9.17, 15) is 0 Å². The fourth-order valence-electron chi connectivity index (χ4n) is 2.12. The second-order valence-corrected chi connectivity index (χ2v) is 5.07. The summed E-state index contributed by atoms with van der Waals surface area (Å²) in [6.07, 6.45) is 6.21. The molecule has 0 radical (unpaired) electrons. The molecule has 2 N–H and O–H groups in total. The van der Waals surface area contributed by atoms with Crippen LogP contribution < -0.4 is 5.73 Å². The highest BCUT2D eigenvalue weighted by Crippen LogP contribution is 2.28. The van der Waals surface area contributed by atoms with Gasteiger partial charge < -0.3 is 10.3 Å². The van der Waals surface area contributed by atoms with Gasteiger partial charge in [-0.15, -0.1) is 0 Å². The molecule has 1 rings (SSSR count). The lowest BCUT2D eigenvalue weighted by atomic mass is 9.93. The quantitative estimate of drug-likeness (QED) is 0.766. The van der Waals surface area contributed by atoms with Gasteiger partial charge in [0.25, 0.3) is 0 Å². The van der Waals surface area contributed by atoms with E-state index in [1.807, 2.05) is 0 Å². The van der Waals surface area contributed by atoms with Gasteiger partial charge in [-0.25, -0.2) is 0 Å². The summed E-state index contributed by atoms with van der Waals surface area (Å²) < 4.78 is 5.42. The molecule has 104 valence electrons. The van der Waals surface area contributed by atoms with Crippen molar-refractivity contribution >= 4 is 0 Å². The predicted molar refractivity (Wildman–Crippen MR) is 73.3 cm³/mol. The lowest BCUT2D eigenvalue weighted by molar-refractivity contribution is 0.318. The van der Waals surface area contributed by atoms with Crippen LogP contribution in [0.3, 0.4) is 0 Å². The maximum atomic E-state index is 6.29. The topological polar surface area (TPSA) is 64.9 Å². The van der Waals surface area contributed by atoms with Gasteiger partial charge in [0, 0.05) is 5.92 Å². The van der Waals surface area contributed by atoms with E-state index >= 15 is 0 Å². The molecule has 1 unspecified atom stereocenters. The highest BCUT2D eigenvalue weighted by molar-refractivity contribution is 5.04. The molecule has 0 bridgehead atoms. The Bertz CT molecular complexity index is 345. The summed E-state index contributed by atoms with van der Waals surface area (Å²) in [5.74, 6) is 1.80. The second-order valence-electron chi connectivity index (χ2n) is 5.07. The fourth-order valence-corrected chi connectivity index (χ4v) is 2.12. The van der Waals surface area contributed by atoms with Gasteiger partial charge in [0.1, 0.15) is 0 Å². The Hall–Kier alpha value is -0.900. The molecule has 1 aromatic heterocycles. The van der Waals surface area contributed by atoms with Crippen molar-refractivity contribution < 1.29 is 4.52 Å². The Morgan fingerprint density at radius 2 is 1.89 bits per heavy atom. The van der Waals surface area contributed by atoms with Crippen LogP contribution in [0.5, 0.6) is 0 Å². The van der Waals surface area contributed by atoms with E-state index < -0.39 is 5.54 Å². The first-order valence-electron chi connectivity index (χ1n) is 7.24. The zero-order valence-corrected chi connectivity index (χ0v) is 12.2. The van der Waals surface area contributed by atoms with E-state index in [4.69, 9.17) is 10.3 Å². The number of hydrogen-bond acceptors (Lipinski definition) is 4. The summed E-state index contributed by atoms with van der Waals surface area (Å²) in [7, 11) is 0. The lowest BCUT2D eigenvalue weighted by Crippen LogP contribution is -2.36. The molecule has 1 heterocycles. The number of aromatic nitrogens is 2. The summed E-state index contributed by atoms with van der Waals surface area (Å²) in [6.45, 7) is 8.49. The SMILES string of the molecule is CCCCC(CC)c1nc(C(N)(CC)CC)no1. The molecular weight excluding hydrogens is 226 g/mol. The minimum Gasteiger partial charge on any atom is -0.339 e. The third-order valence-corrected chi connectivity index (χ3v) is 3.90. The Balaban J connectivity index is 2.83. The summed E-state index contributed by atoms with van der Waals surface area (Å²) in [6, 6.07) is 0. The van der Waals surface area contributed by atoms with E-state index in [0.717, 1.165) is 31.6 Å². The number of unbranched alkanes of at least 4 members (excludes halogenated alkanes) is 1. The van der Waals surface area contributed by atoms with Crippen LogP contribution in [0.15, 0.2) is 4.52 Å². The molecule has 4 heteroatoms. The molecule has 1 atom stereocenters. The Labute approximate surface area is 110 Å². The summed E-state index contributed by atoms with van der Waals surface area (Å²) >= 11 is 0. The monoisotopic (exact) mass is 253 g/mol. The van der Waals surface area contributed by atoms with Crippen LogP contribution >= 0.6 is 0 Å². The minimum absolute atomic E-state index is 0.379. The first kappa shape index (κ1) is 15.2. The van der Waals surface area contributed by atoms with Crippen LogP contribution in [0.2, 0.25) is 0 Å². The van der Waals surface area contributed by atoms with Gasteiger partial charge in [-0.05, 0) is 25.7 Å². The number of nitrogens with zero attached hydrogens (tertiary/aromatic N) is 2. The second kappa shape index (κ2) is 6.88. The molecule has 0 aliphatic carbocycles. The molecule has 0 aromatic carbocycles. The third kappa shape index (κ3) is 3.31. The number of nitrogens with two attached hydrogens (primary N) is 1. The van der Waals surface area contributed by atoms with Crippen molar-refractivity contribution in [3.8, 4) is 0 Å². The van der Waals surface area contributed by atoms with Crippen LogP contribution in [0.1, 0.15) is 83.9 Å². The summed E-state index contributed by atoms with van der Waals surface area (Å²) in [4.78, 5) is 4.55. The molecular formula is C14H27N3O. The summed E-state index contributed by atoms with van der Waals surface area (Å²) in [5.41, 5.74) is 5.85. The van der Waals surface area contributed by atoms with E-state index in [1.54, 1.807) is 0 Å². The predicted octanol–water partition coefficient (Wildman–Crippen LogP) is 3.73. The van der Waals surface area contributed by atoms with Crippen LogP contribution in [0.4, 0.5) is 0 Å². The highest BCUT2D eigenvalue weighted by atomic mass is 16.5. The maximum Gasteiger partial charge on any atom is 0.229 e. The lowest BCUT2D eigenvalue weighted by Gasteiger charge is -2.21. The van der Waals surface area contributed by atoms with Gasteiger partial charge in [-0.3, -0.25) is 0 Å². The van der Waals surface area contributed by atoms with E-state index in [1.165, 1.54) is 12.8 Å². The van der Waals surface area contributed by atoms with Crippen LogP contribution in [-0.4, -0.2) is 10.1 Å². The first-order valence-corrected chi connectivity index (χ1v) is 7.24. The molecule has 4 nitrogen and oxygen atoms in total. The molecule has 1 aromatic rings. The van der Waals surface area contributed by atoms with Gasteiger partial charge in [0.15, 0.2) is 5.82 Å². The van der Waals surface area contributed by atoms with Crippen molar-refractivity contribution in [1.29, 1.82) is 0 Å². The molecule has 0 aliphatic rings. The van der Waals surface area contributed by atoms with Crippen molar-refractivity contribution in [3.05, 3.63) is 11.7 Å². The Kier molecular flexibility index (Phi) is 5.79. The minimum atomic E-state index is -0.440. The highest BCUT2D eigenvalue weighted by Gasteiger charge is 2.30. The molecule has 18 heavy (non-hydrogen) atoms. The molecule has 0 saturated heterocycles. The molecule has 0 saturated carbocycles.